The maximum Gasteiger partial charge on any atom is 0.410 e. The first-order chi connectivity index (χ1) is 17.4. The van der Waals surface area contributed by atoms with Crippen LogP contribution in [0.4, 0.5) is 9.18 Å². The highest BCUT2D eigenvalue weighted by molar-refractivity contribution is 5.79. The molecule has 2 heterocycles. The van der Waals surface area contributed by atoms with E-state index in [1.165, 1.54) is 28.3 Å². The molecule has 36 heavy (non-hydrogen) atoms. The monoisotopic (exact) mass is 485 g/mol. The highest BCUT2D eigenvalue weighted by atomic mass is 19.1. The number of nitrogens with zero attached hydrogens (tertiary/aromatic N) is 1. The third kappa shape index (κ3) is 4.09. The minimum Gasteiger partial charge on any atom is -0.448 e. The highest BCUT2D eigenvalue weighted by Crippen LogP contribution is 2.45. The van der Waals surface area contributed by atoms with Gasteiger partial charge >= 0.3 is 6.09 Å². The fraction of sp³-hybridized carbons (Fsp3) is 0.387. The van der Waals surface area contributed by atoms with Crippen molar-refractivity contribution < 1.29 is 19.0 Å². The number of rotatable bonds is 4. The number of halogens is 1. The number of carbonyl (C=O) groups excluding carboxylic acids is 1. The molecule has 2 atom stereocenters. The van der Waals surface area contributed by atoms with Gasteiger partial charge in [-0.15, -0.1) is 0 Å². The van der Waals surface area contributed by atoms with Crippen LogP contribution in [0.15, 0.2) is 66.7 Å². The number of amides is 1. The molecular weight excluding hydrogens is 453 g/mol. The minimum atomic E-state index is -0.947. The Labute approximate surface area is 211 Å². The molecule has 3 aromatic rings. The number of fused-ring (bicyclic) bond motifs is 5. The second-order valence-corrected chi connectivity index (χ2v) is 10.8. The number of aryl methyl sites for hydroxylation is 1. The normalized spacial score (nSPS) is 24.8. The number of hydrogen-bond acceptors (Lipinski definition) is 3. The second-order valence-electron chi connectivity index (χ2n) is 10.8. The summed E-state index contributed by atoms with van der Waals surface area (Å²) in [5.74, 6) is -0.216. The Bertz CT molecular complexity index is 1240. The summed E-state index contributed by atoms with van der Waals surface area (Å²) in [6.45, 7) is 2.04. The zero-order valence-corrected chi connectivity index (χ0v) is 20.6. The fourth-order valence-corrected chi connectivity index (χ4v) is 6.76. The molecule has 6 rings (SSSR count). The molecule has 186 valence electrons. The summed E-state index contributed by atoms with van der Waals surface area (Å²) < 4.78 is 20.1. The molecule has 3 aliphatic rings. The van der Waals surface area contributed by atoms with Crippen LogP contribution in [-0.2, 0) is 11.2 Å². The van der Waals surface area contributed by atoms with Crippen LogP contribution < -0.4 is 0 Å². The second kappa shape index (κ2) is 9.04. The predicted molar refractivity (Wildman–Crippen MR) is 137 cm³/mol. The summed E-state index contributed by atoms with van der Waals surface area (Å²) in [4.78, 5) is 15.3. The van der Waals surface area contributed by atoms with Crippen LogP contribution in [0.2, 0.25) is 0 Å². The first-order valence-corrected chi connectivity index (χ1v) is 13.0. The molecule has 2 bridgehead atoms. The van der Waals surface area contributed by atoms with E-state index in [9.17, 15) is 14.3 Å². The minimum absolute atomic E-state index is 0.0272. The van der Waals surface area contributed by atoms with Gasteiger partial charge in [0.25, 0.3) is 0 Å². The summed E-state index contributed by atoms with van der Waals surface area (Å²) in [5.41, 5.74) is 5.27. The highest BCUT2D eigenvalue weighted by Gasteiger charge is 2.48. The van der Waals surface area contributed by atoms with Crippen LogP contribution in [0, 0.1) is 12.7 Å². The van der Waals surface area contributed by atoms with Crippen molar-refractivity contribution in [2.45, 2.75) is 69.1 Å². The molecule has 0 spiro atoms. The lowest BCUT2D eigenvalue weighted by Crippen LogP contribution is -2.60. The predicted octanol–water partition coefficient (Wildman–Crippen LogP) is 6.37. The topological polar surface area (TPSA) is 49.8 Å². The molecule has 2 saturated heterocycles. The smallest absolute Gasteiger partial charge is 0.410 e. The van der Waals surface area contributed by atoms with Crippen molar-refractivity contribution in [3.05, 3.63) is 94.8 Å². The molecule has 4 nitrogen and oxygen atoms in total. The van der Waals surface area contributed by atoms with Gasteiger partial charge in [0, 0.05) is 24.4 Å². The van der Waals surface area contributed by atoms with Gasteiger partial charge in [0.2, 0.25) is 0 Å². The van der Waals surface area contributed by atoms with Crippen LogP contribution in [0.5, 0.6) is 0 Å². The van der Waals surface area contributed by atoms with Gasteiger partial charge in [-0.3, -0.25) is 0 Å². The molecule has 3 aromatic carbocycles. The Kier molecular flexibility index (Phi) is 5.83. The van der Waals surface area contributed by atoms with Crippen molar-refractivity contribution in [3.8, 4) is 11.1 Å². The summed E-state index contributed by atoms with van der Waals surface area (Å²) in [7, 11) is 0. The van der Waals surface area contributed by atoms with Gasteiger partial charge in [0.15, 0.2) is 0 Å². The van der Waals surface area contributed by atoms with Crippen LogP contribution in [0.25, 0.3) is 11.1 Å². The molecule has 1 amide bonds. The SMILES string of the molecule is Cc1ccc(CC2(O)CC3CCCC(C2)N3C(=O)OCC2c3ccccc3-c3ccccc32)cc1F. The van der Waals surface area contributed by atoms with E-state index in [2.05, 4.69) is 24.3 Å². The molecule has 2 aliphatic heterocycles. The van der Waals surface area contributed by atoms with Gasteiger partial charge in [-0.2, -0.15) is 0 Å². The summed E-state index contributed by atoms with van der Waals surface area (Å²) in [6.07, 6.45) is 3.84. The van der Waals surface area contributed by atoms with Crippen LogP contribution in [-0.4, -0.2) is 40.4 Å². The standard InChI is InChI=1S/C31H32FNO3/c1-20-13-14-21(15-29(20)32)16-31(35)17-22-7-6-8-23(18-31)33(22)30(34)36-19-28-26-11-4-2-9-24(26)25-10-3-5-12-27(25)28/h2-5,9-15,22-23,28,35H,6-8,16-19H2,1H3. The van der Waals surface area contributed by atoms with E-state index in [0.29, 0.717) is 31.4 Å². The molecule has 2 fully saturated rings. The van der Waals surface area contributed by atoms with E-state index >= 15 is 0 Å². The Morgan fingerprint density at radius 1 is 1.00 bits per heavy atom. The average molecular weight is 486 g/mol. The van der Waals surface area contributed by atoms with E-state index in [-0.39, 0.29) is 29.9 Å². The van der Waals surface area contributed by atoms with Gasteiger partial charge in [-0.05, 0) is 78.5 Å². The average Bonchev–Trinajstić information content (AvgIpc) is 3.18. The van der Waals surface area contributed by atoms with E-state index in [1.807, 2.05) is 35.2 Å². The third-order valence-corrected chi connectivity index (χ3v) is 8.41. The van der Waals surface area contributed by atoms with E-state index in [4.69, 9.17) is 4.74 Å². The maximum atomic E-state index is 14.1. The van der Waals surface area contributed by atoms with Crippen molar-refractivity contribution in [2.24, 2.45) is 0 Å². The number of piperidine rings is 2. The van der Waals surface area contributed by atoms with Crippen LogP contribution >= 0.6 is 0 Å². The van der Waals surface area contributed by atoms with Gasteiger partial charge in [-0.25, -0.2) is 9.18 Å². The molecule has 1 aliphatic carbocycles. The lowest BCUT2D eigenvalue weighted by Gasteiger charge is -2.51. The zero-order chi connectivity index (χ0) is 24.9. The molecule has 2 unspecified atom stereocenters. The van der Waals surface area contributed by atoms with E-state index < -0.39 is 5.60 Å². The zero-order valence-electron chi connectivity index (χ0n) is 20.6. The first kappa shape index (κ1) is 23.2. The Balaban J connectivity index is 1.17. The number of hydrogen-bond donors (Lipinski definition) is 1. The quantitative estimate of drug-likeness (QED) is 0.467. The van der Waals surface area contributed by atoms with Crippen molar-refractivity contribution >= 4 is 6.09 Å². The van der Waals surface area contributed by atoms with Crippen molar-refractivity contribution in [2.75, 3.05) is 6.61 Å². The van der Waals surface area contributed by atoms with Gasteiger partial charge in [0.1, 0.15) is 12.4 Å². The number of ether oxygens (including phenoxy) is 1. The fourth-order valence-electron chi connectivity index (χ4n) is 6.76. The molecule has 5 heteroatoms. The lowest BCUT2D eigenvalue weighted by atomic mass is 9.73. The van der Waals surface area contributed by atoms with Gasteiger partial charge in [-0.1, -0.05) is 60.7 Å². The van der Waals surface area contributed by atoms with Crippen molar-refractivity contribution in [1.29, 1.82) is 0 Å². The number of aliphatic hydroxyl groups is 1. The van der Waals surface area contributed by atoms with Crippen molar-refractivity contribution in [1.82, 2.24) is 4.90 Å². The Morgan fingerprint density at radius 2 is 1.61 bits per heavy atom. The molecule has 0 radical (unpaired) electrons. The molecule has 0 saturated carbocycles. The summed E-state index contributed by atoms with van der Waals surface area (Å²) in [5, 5.41) is 11.5. The van der Waals surface area contributed by atoms with E-state index in [1.54, 1.807) is 13.0 Å². The summed E-state index contributed by atoms with van der Waals surface area (Å²) in [6, 6.07) is 21.7. The maximum absolute atomic E-state index is 14.1. The van der Waals surface area contributed by atoms with Crippen molar-refractivity contribution in [3.63, 3.8) is 0 Å². The van der Waals surface area contributed by atoms with E-state index in [0.717, 1.165) is 24.8 Å². The number of carbonyl (C=O) groups is 1. The summed E-state index contributed by atoms with van der Waals surface area (Å²) >= 11 is 0. The largest absolute Gasteiger partial charge is 0.448 e. The first-order valence-electron chi connectivity index (χ1n) is 13.0. The van der Waals surface area contributed by atoms with Crippen LogP contribution in [0.1, 0.15) is 60.3 Å². The van der Waals surface area contributed by atoms with Gasteiger partial charge in [0.05, 0.1) is 5.60 Å². The Morgan fingerprint density at radius 3 is 2.22 bits per heavy atom. The van der Waals surface area contributed by atoms with Gasteiger partial charge < -0.3 is 14.7 Å². The molecule has 1 N–H and O–H groups in total. The molecule has 0 aromatic heterocycles. The Hall–Kier alpha value is -3.18. The molecular formula is C31H32FNO3. The van der Waals surface area contributed by atoms with Crippen LogP contribution in [0.3, 0.4) is 0 Å². The third-order valence-electron chi connectivity index (χ3n) is 8.41. The number of benzene rings is 3. The lowest BCUT2D eigenvalue weighted by molar-refractivity contribution is -0.0840.